The molecule has 0 saturated heterocycles. The first-order valence-corrected chi connectivity index (χ1v) is 6.44. The lowest BCUT2D eigenvalue weighted by atomic mass is 9.92. The number of hydrogen-bond acceptors (Lipinski definition) is 2. The van der Waals surface area contributed by atoms with Crippen molar-refractivity contribution in [3.05, 3.63) is 33.8 Å². The number of aliphatic hydroxyl groups excluding tert-OH is 1. The molecule has 96 valence electrons. The van der Waals surface area contributed by atoms with Gasteiger partial charge >= 0.3 is 0 Å². The van der Waals surface area contributed by atoms with Gasteiger partial charge in [-0.05, 0) is 44.6 Å². The first kappa shape index (κ1) is 14.8. The Morgan fingerprint density at radius 3 is 2.41 bits per heavy atom. The Balaban J connectivity index is 2.91. The third-order valence-electron chi connectivity index (χ3n) is 3.31. The molecular weight excluding hydrogens is 257 g/mol. The highest BCUT2D eigenvalue weighted by atomic mass is 35.5. The van der Waals surface area contributed by atoms with Crippen LogP contribution >= 0.6 is 23.2 Å². The summed E-state index contributed by atoms with van der Waals surface area (Å²) in [7, 11) is 2.01. The van der Waals surface area contributed by atoms with E-state index in [9.17, 15) is 5.11 Å². The van der Waals surface area contributed by atoms with Crippen LogP contribution in [0.15, 0.2) is 18.2 Å². The van der Waals surface area contributed by atoms with Gasteiger partial charge in [-0.1, -0.05) is 36.2 Å². The molecule has 0 fully saturated rings. The Morgan fingerprint density at radius 1 is 1.29 bits per heavy atom. The van der Waals surface area contributed by atoms with Crippen molar-refractivity contribution in [2.24, 2.45) is 0 Å². The van der Waals surface area contributed by atoms with E-state index in [0.29, 0.717) is 10.0 Å². The van der Waals surface area contributed by atoms with Gasteiger partial charge in [0.15, 0.2) is 0 Å². The monoisotopic (exact) mass is 275 g/mol. The zero-order valence-corrected chi connectivity index (χ0v) is 12.0. The molecule has 1 unspecified atom stereocenters. The van der Waals surface area contributed by atoms with Crippen LogP contribution in [0.5, 0.6) is 0 Å². The van der Waals surface area contributed by atoms with E-state index in [1.165, 1.54) is 0 Å². The van der Waals surface area contributed by atoms with Crippen LogP contribution in [0.25, 0.3) is 0 Å². The summed E-state index contributed by atoms with van der Waals surface area (Å²) < 4.78 is 0. The van der Waals surface area contributed by atoms with Crippen LogP contribution in [0, 0.1) is 0 Å². The second kappa shape index (κ2) is 6.05. The summed E-state index contributed by atoms with van der Waals surface area (Å²) in [6.45, 7) is 5.11. The predicted octanol–water partition coefficient (Wildman–Crippen LogP) is 3.24. The largest absolute Gasteiger partial charge is 0.394 e. The van der Waals surface area contributed by atoms with E-state index in [1.807, 2.05) is 26.1 Å². The summed E-state index contributed by atoms with van der Waals surface area (Å²) in [5.41, 5.74) is 0.808. The molecule has 0 aromatic heterocycles. The summed E-state index contributed by atoms with van der Waals surface area (Å²) in [6, 6.07) is 5.61. The maximum atomic E-state index is 9.57. The highest BCUT2D eigenvalue weighted by Crippen LogP contribution is 2.26. The van der Waals surface area contributed by atoms with Gasteiger partial charge in [-0.3, -0.25) is 4.90 Å². The smallest absolute Gasteiger partial charge is 0.0615 e. The Hall–Kier alpha value is -0.280. The lowest BCUT2D eigenvalue weighted by Crippen LogP contribution is -2.48. The standard InChI is InChI=1S/C13H19Cl2NO/c1-4-16(3)13(2,9-17)8-10-5-6-11(14)12(15)7-10/h5-7,17H,4,8-9H2,1-3H3. The van der Waals surface area contributed by atoms with Gasteiger partial charge in [0, 0.05) is 5.54 Å². The van der Waals surface area contributed by atoms with Gasteiger partial charge in [-0.15, -0.1) is 0 Å². The molecule has 2 nitrogen and oxygen atoms in total. The predicted molar refractivity (Wildman–Crippen MR) is 74.0 cm³/mol. The molecule has 0 radical (unpaired) electrons. The zero-order valence-electron chi connectivity index (χ0n) is 10.5. The SMILES string of the molecule is CCN(C)C(C)(CO)Cc1ccc(Cl)c(Cl)c1. The van der Waals surface area contributed by atoms with Crippen LogP contribution in [0.2, 0.25) is 10.0 Å². The van der Waals surface area contributed by atoms with E-state index in [-0.39, 0.29) is 12.1 Å². The van der Waals surface area contributed by atoms with Crippen molar-refractivity contribution in [1.29, 1.82) is 0 Å². The number of aliphatic hydroxyl groups is 1. The quantitative estimate of drug-likeness (QED) is 0.892. The van der Waals surface area contributed by atoms with Crippen molar-refractivity contribution in [2.75, 3.05) is 20.2 Å². The average molecular weight is 276 g/mol. The molecule has 0 spiro atoms. The van der Waals surface area contributed by atoms with E-state index in [2.05, 4.69) is 11.8 Å². The number of benzene rings is 1. The maximum absolute atomic E-state index is 9.57. The van der Waals surface area contributed by atoms with E-state index in [0.717, 1.165) is 18.5 Å². The Kier molecular flexibility index (Phi) is 5.26. The summed E-state index contributed by atoms with van der Waals surface area (Å²) in [4.78, 5) is 2.13. The molecule has 1 atom stereocenters. The van der Waals surface area contributed by atoms with Crippen LogP contribution < -0.4 is 0 Å². The molecule has 1 N–H and O–H groups in total. The highest BCUT2D eigenvalue weighted by Gasteiger charge is 2.27. The summed E-state index contributed by atoms with van der Waals surface area (Å²) in [6.07, 6.45) is 0.741. The van der Waals surface area contributed by atoms with Gasteiger partial charge in [-0.2, -0.15) is 0 Å². The number of rotatable bonds is 5. The minimum Gasteiger partial charge on any atom is -0.394 e. The molecule has 17 heavy (non-hydrogen) atoms. The normalized spacial score (nSPS) is 15.0. The maximum Gasteiger partial charge on any atom is 0.0615 e. The molecule has 0 heterocycles. The Labute approximate surface area is 113 Å². The third kappa shape index (κ3) is 3.59. The van der Waals surface area contributed by atoms with Gasteiger partial charge in [0.25, 0.3) is 0 Å². The summed E-state index contributed by atoms with van der Waals surface area (Å²) in [5.74, 6) is 0. The summed E-state index contributed by atoms with van der Waals surface area (Å²) >= 11 is 11.9. The first-order valence-electron chi connectivity index (χ1n) is 5.69. The molecule has 0 aliphatic carbocycles. The minimum atomic E-state index is -0.272. The lowest BCUT2D eigenvalue weighted by Gasteiger charge is -2.37. The molecule has 0 aliphatic heterocycles. The van der Waals surface area contributed by atoms with Crippen molar-refractivity contribution >= 4 is 23.2 Å². The van der Waals surface area contributed by atoms with E-state index in [1.54, 1.807) is 6.07 Å². The fraction of sp³-hybridized carbons (Fsp3) is 0.538. The molecule has 0 aliphatic rings. The van der Waals surface area contributed by atoms with Crippen molar-refractivity contribution < 1.29 is 5.11 Å². The number of likely N-dealkylation sites (N-methyl/N-ethyl adjacent to an activating group) is 1. The van der Waals surface area contributed by atoms with Gasteiger partial charge in [-0.25, -0.2) is 0 Å². The van der Waals surface area contributed by atoms with Gasteiger partial charge in [0.1, 0.15) is 0 Å². The molecule has 1 aromatic rings. The van der Waals surface area contributed by atoms with Crippen LogP contribution in [0.1, 0.15) is 19.4 Å². The number of nitrogens with zero attached hydrogens (tertiary/aromatic N) is 1. The zero-order chi connectivity index (χ0) is 13.1. The molecule has 1 rings (SSSR count). The number of halogens is 2. The Morgan fingerprint density at radius 2 is 1.94 bits per heavy atom. The first-order chi connectivity index (χ1) is 7.92. The van der Waals surface area contributed by atoms with Crippen molar-refractivity contribution in [2.45, 2.75) is 25.8 Å². The van der Waals surface area contributed by atoms with Crippen LogP contribution in [-0.2, 0) is 6.42 Å². The molecular formula is C13H19Cl2NO. The summed E-state index contributed by atoms with van der Waals surface area (Å²) in [5, 5.41) is 10.7. The van der Waals surface area contributed by atoms with Crippen LogP contribution in [-0.4, -0.2) is 35.7 Å². The van der Waals surface area contributed by atoms with Gasteiger partial charge in [0.05, 0.1) is 16.7 Å². The second-order valence-electron chi connectivity index (χ2n) is 4.59. The lowest BCUT2D eigenvalue weighted by molar-refractivity contribution is 0.0681. The molecule has 1 aromatic carbocycles. The number of hydrogen-bond donors (Lipinski definition) is 1. The van der Waals surface area contributed by atoms with E-state index < -0.39 is 0 Å². The third-order valence-corrected chi connectivity index (χ3v) is 4.04. The topological polar surface area (TPSA) is 23.5 Å². The van der Waals surface area contributed by atoms with Crippen molar-refractivity contribution in [1.82, 2.24) is 4.90 Å². The average Bonchev–Trinajstić information content (AvgIpc) is 2.32. The van der Waals surface area contributed by atoms with Crippen molar-refractivity contribution in [3.63, 3.8) is 0 Å². The van der Waals surface area contributed by atoms with Gasteiger partial charge in [0.2, 0.25) is 0 Å². The van der Waals surface area contributed by atoms with E-state index in [4.69, 9.17) is 23.2 Å². The minimum absolute atomic E-state index is 0.109. The van der Waals surface area contributed by atoms with Crippen LogP contribution in [0.3, 0.4) is 0 Å². The Bertz CT molecular complexity index is 384. The van der Waals surface area contributed by atoms with Crippen molar-refractivity contribution in [3.8, 4) is 0 Å². The van der Waals surface area contributed by atoms with Gasteiger partial charge < -0.3 is 5.11 Å². The van der Waals surface area contributed by atoms with Crippen LogP contribution in [0.4, 0.5) is 0 Å². The fourth-order valence-corrected chi connectivity index (χ4v) is 2.10. The molecule has 4 heteroatoms. The molecule has 0 bridgehead atoms. The molecule has 0 amide bonds. The highest BCUT2D eigenvalue weighted by molar-refractivity contribution is 6.42. The molecule has 0 saturated carbocycles. The van der Waals surface area contributed by atoms with E-state index >= 15 is 0 Å². The second-order valence-corrected chi connectivity index (χ2v) is 5.41. The fourth-order valence-electron chi connectivity index (χ4n) is 1.78.